The van der Waals surface area contributed by atoms with Crippen molar-refractivity contribution in [1.82, 2.24) is 19.9 Å². The maximum absolute atomic E-state index is 12.4. The molecule has 2 aromatic heterocycles. The molecule has 0 saturated heterocycles. The van der Waals surface area contributed by atoms with Crippen LogP contribution < -0.4 is 5.32 Å². The zero-order valence-electron chi connectivity index (χ0n) is 13.2. The van der Waals surface area contributed by atoms with E-state index in [1.807, 2.05) is 13.8 Å². The maximum atomic E-state index is 12.4. The molecule has 0 bridgehead atoms. The minimum atomic E-state index is -1.03. The largest absolute Gasteiger partial charge is 0.480 e. The Balaban J connectivity index is 1.86. The van der Waals surface area contributed by atoms with E-state index in [1.165, 1.54) is 0 Å². The predicted molar refractivity (Wildman–Crippen MR) is 83.3 cm³/mol. The van der Waals surface area contributed by atoms with Crippen LogP contribution in [0.4, 0.5) is 0 Å². The lowest BCUT2D eigenvalue weighted by Gasteiger charge is -2.16. The molecular formula is C16H20N4O3. The molecule has 0 aliphatic heterocycles. The number of aromatic nitrogens is 3. The Hall–Kier alpha value is -2.44. The Kier molecular flexibility index (Phi) is 4.02. The van der Waals surface area contributed by atoms with Crippen molar-refractivity contribution in [2.45, 2.75) is 45.1 Å². The Bertz CT molecular complexity index is 749. The van der Waals surface area contributed by atoms with Gasteiger partial charge in [-0.1, -0.05) is 13.8 Å². The van der Waals surface area contributed by atoms with Crippen molar-refractivity contribution < 1.29 is 14.7 Å². The van der Waals surface area contributed by atoms with Crippen LogP contribution >= 0.6 is 0 Å². The number of nitrogens with zero attached hydrogens (tertiary/aromatic N) is 3. The lowest BCUT2D eigenvalue weighted by atomic mass is 10.0. The first-order valence-electron chi connectivity index (χ1n) is 7.84. The summed E-state index contributed by atoms with van der Waals surface area (Å²) < 4.78 is 1.75. The number of amides is 1. The molecule has 0 unspecified atom stereocenters. The van der Waals surface area contributed by atoms with Gasteiger partial charge in [-0.3, -0.25) is 4.79 Å². The molecule has 122 valence electrons. The first kappa shape index (κ1) is 15.5. The Morgan fingerprint density at radius 3 is 2.78 bits per heavy atom. The first-order valence-corrected chi connectivity index (χ1v) is 7.84. The highest BCUT2D eigenvalue weighted by Gasteiger charge is 2.29. The number of carbonyl (C=O) groups excluding carboxylic acids is 1. The fourth-order valence-corrected chi connectivity index (χ4v) is 2.65. The summed E-state index contributed by atoms with van der Waals surface area (Å²) in [6.07, 6.45) is 4.18. The summed E-state index contributed by atoms with van der Waals surface area (Å²) in [6, 6.07) is 2.56. The van der Waals surface area contributed by atoms with Crippen molar-refractivity contribution in [1.29, 1.82) is 0 Å². The normalized spacial score (nSPS) is 15.8. The Morgan fingerprint density at radius 2 is 2.17 bits per heavy atom. The van der Waals surface area contributed by atoms with E-state index in [0.29, 0.717) is 18.0 Å². The van der Waals surface area contributed by atoms with Crippen molar-refractivity contribution in [2.75, 3.05) is 0 Å². The van der Waals surface area contributed by atoms with Gasteiger partial charge in [0.05, 0.1) is 6.20 Å². The quantitative estimate of drug-likeness (QED) is 0.847. The van der Waals surface area contributed by atoms with Gasteiger partial charge in [0.1, 0.15) is 11.7 Å². The number of hydrogen-bond donors (Lipinski definition) is 2. The average Bonchev–Trinajstić information content (AvgIpc) is 3.22. The number of rotatable bonds is 6. The molecule has 1 aliphatic rings. The van der Waals surface area contributed by atoms with Crippen LogP contribution in [0.15, 0.2) is 18.3 Å². The molecule has 0 spiro atoms. The van der Waals surface area contributed by atoms with E-state index in [0.717, 1.165) is 18.5 Å². The topological polar surface area (TPSA) is 96.6 Å². The summed E-state index contributed by atoms with van der Waals surface area (Å²) in [4.78, 5) is 28.0. The van der Waals surface area contributed by atoms with Crippen LogP contribution in [0.2, 0.25) is 0 Å². The summed E-state index contributed by atoms with van der Waals surface area (Å²) >= 11 is 0. The molecular weight excluding hydrogens is 296 g/mol. The van der Waals surface area contributed by atoms with Crippen LogP contribution in [0.25, 0.3) is 5.65 Å². The second-order valence-electron chi connectivity index (χ2n) is 6.44. The highest BCUT2D eigenvalue weighted by atomic mass is 16.4. The number of carboxylic acids is 1. The van der Waals surface area contributed by atoms with E-state index in [2.05, 4.69) is 15.4 Å². The predicted octanol–water partition coefficient (Wildman–Crippen LogP) is 1.84. The summed E-state index contributed by atoms with van der Waals surface area (Å²) in [5, 5.41) is 16.1. The number of aliphatic carboxylic acids is 1. The first-order chi connectivity index (χ1) is 11.0. The van der Waals surface area contributed by atoms with Gasteiger partial charge in [-0.25, -0.2) is 14.3 Å². The second kappa shape index (κ2) is 5.98. The fraction of sp³-hybridized carbons (Fsp3) is 0.500. The molecule has 2 heterocycles. The molecule has 3 rings (SSSR count). The van der Waals surface area contributed by atoms with Gasteiger partial charge in [-0.15, -0.1) is 0 Å². The molecule has 2 aromatic rings. The zero-order chi connectivity index (χ0) is 16.6. The van der Waals surface area contributed by atoms with Gasteiger partial charge in [0.2, 0.25) is 0 Å². The number of carboxylic acid groups (broad SMARTS) is 1. The van der Waals surface area contributed by atoms with Crippen LogP contribution in [-0.4, -0.2) is 37.6 Å². The molecule has 1 amide bonds. The monoisotopic (exact) mass is 316 g/mol. The fourth-order valence-electron chi connectivity index (χ4n) is 2.65. The molecule has 7 nitrogen and oxygen atoms in total. The summed E-state index contributed by atoms with van der Waals surface area (Å²) in [7, 11) is 0. The van der Waals surface area contributed by atoms with E-state index >= 15 is 0 Å². The molecule has 1 aliphatic carbocycles. The van der Waals surface area contributed by atoms with E-state index < -0.39 is 17.9 Å². The number of nitrogens with one attached hydrogen (secondary N) is 1. The van der Waals surface area contributed by atoms with Crippen LogP contribution in [0.3, 0.4) is 0 Å². The lowest BCUT2D eigenvalue weighted by Crippen LogP contribution is -2.42. The summed E-state index contributed by atoms with van der Waals surface area (Å²) in [6.45, 7) is 3.84. The highest BCUT2D eigenvalue weighted by Crippen LogP contribution is 2.40. The van der Waals surface area contributed by atoms with Crippen LogP contribution in [0.5, 0.6) is 0 Å². The Labute approximate surface area is 133 Å². The minimum Gasteiger partial charge on any atom is -0.480 e. The summed E-state index contributed by atoms with van der Waals surface area (Å²) in [5.74, 6) is -0.912. The second-order valence-corrected chi connectivity index (χ2v) is 6.44. The van der Waals surface area contributed by atoms with E-state index in [4.69, 9.17) is 0 Å². The number of carbonyl (C=O) groups is 2. The van der Waals surface area contributed by atoms with E-state index in [1.54, 1.807) is 22.8 Å². The zero-order valence-corrected chi connectivity index (χ0v) is 13.2. The highest BCUT2D eigenvalue weighted by molar-refractivity contribution is 5.95. The third-order valence-electron chi connectivity index (χ3n) is 3.93. The van der Waals surface area contributed by atoms with E-state index in [-0.39, 0.29) is 11.6 Å². The molecule has 0 radical (unpaired) electrons. The van der Waals surface area contributed by atoms with Gasteiger partial charge in [0.25, 0.3) is 5.91 Å². The van der Waals surface area contributed by atoms with Gasteiger partial charge in [0.15, 0.2) is 5.65 Å². The molecule has 2 N–H and O–H groups in total. The van der Waals surface area contributed by atoms with Crippen LogP contribution in [0.1, 0.15) is 55.2 Å². The van der Waals surface area contributed by atoms with Crippen molar-refractivity contribution in [3.05, 3.63) is 29.7 Å². The van der Waals surface area contributed by atoms with E-state index in [9.17, 15) is 14.7 Å². The number of hydrogen-bond acceptors (Lipinski definition) is 4. The molecule has 1 fully saturated rings. The van der Waals surface area contributed by atoms with Crippen LogP contribution in [-0.2, 0) is 4.79 Å². The number of fused-ring (bicyclic) bond motifs is 1. The van der Waals surface area contributed by atoms with Crippen molar-refractivity contribution >= 4 is 17.5 Å². The third-order valence-corrected chi connectivity index (χ3v) is 3.93. The average molecular weight is 316 g/mol. The summed E-state index contributed by atoms with van der Waals surface area (Å²) in [5.41, 5.74) is 1.81. The smallest absolute Gasteiger partial charge is 0.326 e. The minimum absolute atomic E-state index is 0.170. The molecule has 7 heteroatoms. The van der Waals surface area contributed by atoms with Crippen molar-refractivity contribution in [3.8, 4) is 0 Å². The SMILES string of the molecule is CC(C)C[C@H](NC(=O)c1cc(C2CC2)n2nccc2n1)C(=O)O. The van der Waals surface area contributed by atoms with Gasteiger partial charge in [-0.05, 0) is 31.2 Å². The lowest BCUT2D eigenvalue weighted by molar-refractivity contribution is -0.139. The third kappa shape index (κ3) is 3.33. The van der Waals surface area contributed by atoms with Gasteiger partial charge in [0, 0.05) is 17.7 Å². The van der Waals surface area contributed by atoms with Gasteiger partial charge >= 0.3 is 5.97 Å². The van der Waals surface area contributed by atoms with Gasteiger partial charge < -0.3 is 10.4 Å². The van der Waals surface area contributed by atoms with Gasteiger partial charge in [-0.2, -0.15) is 5.10 Å². The van der Waals surface area contributed by atoms with Crippen molar-refractivity contribution in [2.24, 2.45) is 5.92 Å². The maximum Gasteiger partial charge on any atom is 0.326 e. The van der Waals surface area contributed by atoms with Crippen LogP contribution in [0, 0.1) is 5.92 Å². The molecule has 1 atom stereocenters. The molecule has 23 heavy (non-hydrogen) atoms. The van der Waals surface area contributed by atoms with Crippen molar-refractivity contribution in [3.63, 3.8) is 0 Å². The standard InChI is InChI=1S/C16H20N4O3/c1-9(2)7-12(16(22)23)19-15(21)11-8-13(10-3-4-10)20-14(18-11)5-6-17-20/h5-6,8-10,12H,3-4,7H2,1-2H3,(H,19,21)(H,22,23)/t12-/m0/s1. The molecule has 1 saturated carbocycles. The molecule has 0 aromatic carbocycles. The Morgan fingerprint density at radius 1 is 1.43 bits per heavy atom.